The van der Waals surface area contributed by atoms with Crippen LogP contribution in [0.25, 0.3) is 22.3 Å². The molecule has 0 amide bonds. The lowest BCUT2D eigenvalue weighted by atomic mass is 10.1. The molecule has 178 valence electrons. The molecule has 0 fully saturated rings. The zero-order valence-electron chi connectivity index (χ0n) is 21.0. The molecule has 0 saturated heterocycles. The van der Waals surface area contributed by atoms with Gasteiger partial charge in [-0.2, -0.15) is 5.10 Å². The summed E-state index contributed by atoms with van der Waals surface area (Å²) in [7, 11) is 1.68. The Morgan fingerprint density at radius 2 is 1.82 bits per heavy atom. The summed E-state index contributed by atoms with van der Waals surface area (Å²) in [5.41, 5.74) is 6.97. The number of ether oxygens (including phenoxy) is 1. The number of pyridine rings is 2. The highest BCUT2D eigenvalue weighted by Gasteiger charge is 2.20. The first-order valence-electron chi connectivity index (χ1n) is 11.9. The van der Waals surface area contributed by atoms with Gasteiger partial charge >= 0.3 is 0 Å². The number of hydrogen-bond acceptors (Lipinski definition) is 6. The van der Waals surface area contributed by atoms with Crippen LogP contribution in [0.3, 0.4) is 0 Å². The Hall–Kier alpha value is -3.61. The van der Waals surface area contributed by atoms with E-state index in [1.807, 2.05) is 31.3 Å². The number of anilines is 2. The van der Waals surface area contributed by atoms with E-state index in [4.69, 9.17) is 19.8 Å². The molecule has 7 nitrogen and oxygen atoms in total. The molecule has 0 aliphatic rings. The second kappa shape index (κ2) is 10.1. The van der Waals surface area contributed by atoms with Crippen molar-refractivity contribution in [2.24, 2.45) is 0 Å². The minimum absolute atomic E-state index is 0.218. The smallest absolute Gasteiger partial charge is 0.137 e. The SMILES string of the molecule is CCN(CC)c1ncccc1-c1cc(NCc2ccc(OC)cc2)c2c(n1)c(C)nn2C(C)C. The normalized spacial score (nSPS) is 11.3. The fourth-order valence-corrected chi connectivity index (χ4v) is 4.24. The monoisotopic (exact) mass is 458 g/mol. The first kappa shape index (κ1) is 23.5. The lowest BCUT2D eigenvalue weighted by Gasteiger charge is -2.22. The van der Waals surface area contributed by atoms with E-state index in [1.54, 1.807) is 7.11 Å². The van der Waals surface area contributed by atoms with E-state index in [0.717, 1.165) is 58.3 Å². The number of rotatable bonds is 9. The molecule has 1 N–H and O–H groups in total. The van der Waals surface area contributed by atoms with E-state index >= 15 is 0 Å². The van der Waals surface area contributed by atoms with Crippen molar-refractivity contribution in [2.75, 3.05) is 30.4 Å². The largest absolute Gasteiger partial charge is 0.497 e. The second-order valence-electron chi connectivity index (χ2n) is 8.62. The summed E-state index contributed by atoms with van der Waals surface area (Å²) in [6, 6.07) is 14.6. The molecule has 0 aliphatic carbocycles. The van der Waals surface area contributed by atoms with Gasteiger partial charge in [0, 0.05) is 37.4 Å². The average molecular weight is 459 g/mol. The van der Waals surface area contributed by atoms with Gasteiger partial charge in [0.1, 0.15) is 22.6 Å². The predicted octanol–water partition coefficient (Wildman–Crippen LogP) is 5.85. The van der Waals surface area contributed by atoms with E-state index < -0.39 is 0 Å². The van der Waals surface area contributed by atoms with Gasteiger partial charge in [-0.3, -0.25) is 4.68 Å². The Morgan fingerprint density at radius 1 is 1.09 bits per heavy atom. The molecule has 0 atom stereocenters. The summed E-state index contributed by atoms with van der Waals surface area (Å²) < 4.78 is 7.36. The van der Waals surface area contributed by atoms with E-state index in [1.165, 1.54) is 5.56 Å². The molecule has 0 radical (unpaired) electrons. The lowest BCUT2D eigenvalue weighted by molar-refractivity contribution is 0.414. The second-order valence-corrected chi connectivity index (χ2v) is 8.62. The number of aryl methyl sites for hydroxylation is 1. The van der Waals surface area contributed by atoms with E-state index in [0.29, 0.717) is 6.54 Å². The molecule has 7 heteroatoms. The molecular formula is C27H34N6O. The van der Waals surface area contributed by atoms with Gasteiger partial charge in [0.2, 0.25) is 0 Å². The van der Waals surface area contributed by atoms with Crippen LogP contribution in [-0.2, 0) is 6.54 Å². The van der Waals surface area contributed by atoms with Gasteiger partial charge in [-0.15, -0.1) is 0 Å². The summed E-state index contributed by atoms with van der Waals surface area (Å²) in [6.07, 6.45) is 1.85. The zero-order chi connectivity index (χ0) is 24.2. The molecule has 0 saturated carbocycles. The third-order valence-corrected chi connectivity index (χ3v) is 6.08. The third-order valence-electron chi connectivity index (χ3n) is 6.08. The third kappa shape index (κ3) is 4.55. The van der Waals surface area contributed by atoms with E-state index in [-0.39, 0.29) is 6.04 Å². The number of hydrogen-bond donors (Lipinski definition) is 1. The van der Waals surface area contributed by atoms with Crippen molar-refractivity contribution in [1.29, 1.82) is 0 Å². The summed E-state index contributed by atoms with van der Waals surface area (Å²) in [6.45, 7) is 13.1. The van der Waals surface area contributed by atoms with Crippen molar-refractivity contribution in [2.45, 2.75) is 47.2 Å². The maximum absolute atomic E-state index is 5.30. The van der Waals surface area contributed by atoms with Crippen LogP contribution in [0.2, 0.25) is 0 Å². The summed E-state index contributed by atoms with van der Waals surface area (Å²) in [5, 5.41) is 8.49. The molecule has 0 aliphatic heterocycles. The first-order valence-corrected chi connectivity index (χ1v) is 11.9. The molecule has 0 bridgehead atoms. The number of nitrogens with one attached hydrogen (secondary N) is 1. The van der Waals surface area contributed by atoms with E-state index in [9.17, 15) is 0 Å². The van der Waals surface area contributed by atoms with Crippen LogP contribution in [0.4, 0.5) is 11.5 Å². The van der Waals surface area contributed by atoms with Crippen LogP contribution < -0.4 is 15.0 Å². The Balaban J connectivity index is 1.83. The molecule has 1 aromatic carbocycles. The molecular weight excluding hydrogens is 424 g/mol. The van der Waals surface area contributed by atoms with E-state index in [2.05, 4.69) is 66.9 Å². The maximum atomic E-state index is 5.30. The van der Waals surface area contributed by atoms with Gasteiger partial charge in [0.05, 0.1) is 24.2 Å². The Kier molecular flexibility index (Phi) is 7.01. The van der Waals surface area contributed by atoms with Crippen molar-refractivity contribution in [3.63, 3.8) is 0 Å². The van der Waals surface area contributed by atoms with Crippen LogP contribution in [0.15, 0.2) is 48.7 Å². The topological polar surface area (TPSA) is 68.1 Å². The van der Waals surface area contributed by atoms with Gasteiger partial charge in [0.25, 0.3) is 0 Å². The quantitative estimate of drug-likeness (QED) is 0.339. The van der Waals surface area contributed by atoms with Crippen LogP contribution in [0.5, 0.6) is 5.75 Å². The lowest BCUT2D eigenvalue weighted by Crippen LogP contribution is -2.23. The van der Waals surface area contributed by atoms with Crippen LogP contribution in [0, 0.1) is 6.92 Å². The standard InChI is InChI=1S/C27H34N6O/c1-7-32(8-2)27-22(10-9-15-28-27)23-16-24(29-17-20-11-13-21(34-6)14-12-20)26-25(30-23)19(5)31-33(26)18(3)4/h9-16,18H,7-8,17H2,1-6H3,(H,29,30). The average Bonchev–Trinajstić information content (AvgIpc) is 3.21. The fraction of sp³-hybridized carbons (Fsp3) is 0.370. The predicted molar refractivity (Wildman–Crippen MR) is 140 cm³/mol. The van der Waals surface area contributed by atoms with Gasteiger partial charge in [0.15, 0.2) is 0 Å². The minimum Gasteiger partial charge on any atom is -0.497 e. The van der Waals surface area contributed by atoms with Gasteiger partial charge < -0.3 is 15.0 Å². The Morgan fingerprint density at radius 3 is 2.47 bits per heavy atom. The molecule has 3 aromatic heterocycles. The summed E-state index contributed by atoms with van der Waals surface area (Å²) in [5.74, 6) is 1.81. The Labute approximate surface area is 201 Å². The fourth-order valence-electron chi connectivity index (χ4n) is 4.24. The molecule has 0 spiro atoms. The van der Waals surface area contributed by atoms with Crippen LogP contribution >= 0.6 is 0 Å². The molecule has 34 heavy (non-hydrogen) atoms. The molecule has 4 rings (SSSR count). The highest BCUT2D eigenvalue weighted by atomic mass is 16.5. The van der Waals surface area contributed by atoms with Crippen molar-refractivity contribution in [1.82, 2.24) is 19.7 Å². The molecule has 4 aromatic rings. The van der Waals surface area contributed by atoms with Crippen molar-refractivity contribution in [3.8, 4) is 17.0 Å². The highest BCUT2D eigenvalue weighted by molar-refractivity contribution is 5.93. The Bertz CT molecular complexity index is 1260. The number of aromatic nitrogens is 4. The maximum Gasteiger partial charge on any atom is 0.137 e. The number of methoxy groups -OCH3 is 1. The van der Waals surface area contributed by atoms with Gasteiger partial charge in [-0.25, -0.2) is 9.97 Å². The van der Waals surface area contributed by atoms with Gasteiger partial charge in [-0.1, -0.05) is 12.1 Å². The first-order chi connectivity index (χ1) is 16.5. The summed E-state index contributed by atoms with van der Waals surface area (Å²) in [4.78, 5) is 12.1. The van der Waals surface area contributed by atoms with Crippen LogP contribution in [0.1, 0.15) is 45.0 Å². The molecule has 0 unspecified atom stereocenters. The number of nitrogens with zero attached hydrogens (tertiary/aromatic N) is 5. The van der Waals surface area contributed by atoms with Crippen molar-refractivity contribution in [3.05, 3.63) is 59.9 Å². The number of benzene rings is 1. The molecule has 3 heterocycles. The highest BCUT2D eigenvalue weighted by Crippen LogP contribution is 2.35. The minimum atomic E-state index is 0.218. The zero-order valence-corrected chi connectivity index (χ0v) is 21.0. The van der Waals surface area contributed by atoms with Crippen molar-refractivity contribution >= 4 is 22.5 Å². The van der Waals surface area contributed by atoms with Gasteiger partial charge in [-0.05, 0) is 70.5 Å². The summed E-state index contributed by atoms with van der Waals surface area (Å²) >= 11 is 0. The van der Waals surface area contributed by atoms with Crippen LogP contribution in [-0.4, -0.2) is 39.9 Å². The number of fused-ring (bicyclic) bond motifs is 1. The van der Waals surface area contributed by atoms with Crippen molar-refractivity contribution < 1.29 is 4.74 Å².